The number of nitrogens with one attached hydrogen (secondary N) is 1. The number of hydrogen-bond donors (Lipinski definition) is 1. The van der Waals surface area contributed by atoms with Crippen LogP contribution in [0.2, 0.25) is 0 Å². The fourth-order valence-corrected chi connectivity index (χ4v) is 3.67. The Bertz CT molecular complexity index is 878. The van der Waals surface area contributed by atoms with Crippen LogP contribution in [0.3, 0.4) is 0 Å². The molecule has 0 aliphatic rings. The van der Waals surface area contributed by atoms with E-state index in [4.69, 9.17) is 4.74 Å². The Balaban J connectivity index is 2.10. The Morgan fingerprint density at radius 3 is 2.18 bits per heavy atom. The number of nitrogens with zero attached hydrogens (tertiary/aromatic N) is 1. The number of hydrogen-bond acceptors (Lipinski definition) is 4. The van der Waals surface area contributed by atoms with E-state index >= 15 is 0 Å². The fourth-order valence-electron chi connectivity index (χ4n) is 2.82. The summed E-state index contributed by atoms with van der Waals surface area (Å²) in [5.41, 5.74) is 2.61. The van der Waals surface area contributed by atoms with Crippen molar-refractivity contribution in [1.29, 1.82) is 0 Å². The van der Waals surface area contributed by atoms with Gasteiger partial charge in [-0.15, -0.1) is 0 Å². The lowest BCUT2D eigenvalue weighted by Crippen LogP contribution is -2.41. The van der Waals surface area contributed by atoms with Gasteiger partial charge in [-0.05, 0) is 55.7 Å². The van der Waals surface area contributed by atoms with Crippen LogP contribution in [0, 0.1) is 0 Å². The standard InChI is InChI=1S/C21H28N2O4S/c1-5-17-7-9-18(10-8-17)16(3)22-21(24)15-23(28(4,25)26)19-11-13-20(14-12-19)27-6-2/h7-14,16H,5-6,15H2,1-4H3,(H,22,24)/t16-/m0/s1. The van der Waals surface area contributed by atoms with Gasteiger partial charge in [-0.1, -0.05) is 31.2 Å². The summed E-state index contributed by atoms with van der Waals surface area (Å²) in [6.07, 6.45) is 2.04. The molecule has 2 aromatic rings. The van der Waals surface area contributed by atoms with E-state index in [-0.39, 0.29) is 18.5 Å². The molecule has 0 fully saturated rings. The van der Waals surface area contributed by atoms with Gasteiger partial charge in [-0.3, -0.25) is 9.10 Å². The van der Waals surface area contributed by atoms with Gasteiger partial charge in [0.1, 0.15) is 12.3 Å². The van der Waals surface area contributed by atoms with Crippen molar-refractivity contribution >= 4 is 21.6 Å². The summed E-state index contributed by atoms with van der Waals surface area (Å²) in [4.78, 5) is 12.5. The molecule has 2 aromatic carbocycles. The van der Waals surface area contributed by atoms with E-state index in [1.807, 2.05) is 38.1 Å². The summed E-state index contributed by atoms with van der Waals surface area (Å²) in [6.45, 7) is 6.07. The third-order valence-corrected chi connectivity index (χ3v) is 5.53. The highest BCUT2D eigenvalue weighted by Crippen LogP contribution is 2.22. The van der Waals surface area contributed by atoms with Gasteiger partial charge in [0, 0.05) is 0 Å². The number of aryl methyl sites for hydroxylation is 1. The Kier molecular flexibility index (Phi) is 7.45. The van der Waals surface area contributed by atoms with Gasteiger partial charge in [0.25, 0.3) is 0 Å². The first-order chi connectivity index (χ1) is 13.2. The third-order valence-electron chi connectivity index (χ3n) is 4.39. The Morgan fingerprint density at radius 1 is 1.07 bits per heavy atom. The van der Waals surface area contributed by atoms with Gasteiger partial charge >= 0.3 is 0 Å². The van der Waals surface area contributed by atoms with Crippen LogP contribution in [0.1, 0.15) is 37.9 Å². The van der Waals surface area contributed by atoms with Crippen LogP contribution in [0.4, 0.5) is 5.69 Å². The molecule has 0 saturated carbocycles. The molecule has 0 aliphatic heterocycles. The van der Waals surface area contributed by atoms with Crippen molar-refractivity contribution in [3.8, 4) is 5.75 Å². The molecule has 0 saturated heterocycles. The van der Waals surface area contributed by atoms with Crippen LogP contribution in [0.25, 0.3) is 0 Å². The first kappa shape index (κ1) is 21.8. The highest BCUT2D eigenvalue weighted by molar-refractivity contribution is 7.92. The Labute approximate surface area is 167 Å². The number of anilines is 1. The van der Waals surface area contributed by atoms with E-state index in [1.54, 1.807) is 24.3 Å². The van der Waals surface area contributed by atoms with Crippen molar-refractivity contribution < 1.29 is 17.9 Å². The molecule has 152 valence electrons. The molecule has 1 N–H and O–H groups in total. The lowest BCUT2D eigenvalue weighted by molar-refractivity contribution is -0.120. The maximum atomic E-state index is 12.5. The van der Waals surface area contributed by atoms with Gasteiger partial charge in [-0.25, -0.2) is 8.42 Å². The van der Waals surface area contributed by atoms with Crippen molar-refractivity contribution in [1.82, 2.24) is 5.32 Å². The van der Waals surface area contributed by atoms with Crippen LogP contribution in [-0.2, 0) is 21.2 Å². The summed E-state index contributed by atoms with van der Waals surface area (Å²) in [6, 6.07) is 14.4. The summed E-state index contributed by atoms with van der Waals surface area (Å²) >= 11 is 0. The number of benzene rings is 2. The van der Waals surface area contributed by atoms with Crippen LogP contribution in [0.15, 0.2) is 48.5 Å². The van der Waals surface area contributed by atoms with Gasteiger partial charge < -0.3 is 10.1 Å². The normalized spacial score (nSPS) is 12.3. The van der Waals surface area contributed by atoms with E-state index in [2.05, 4.69) is 12.2 Å². The monoisotopic (exact) mass is 404 g/mol. The zero-order chi connectivity index (χ0) is 20.7. The molecule has 0 heterocycles. The molecule has 0 bridgehead atoms. The third kappa shape index (κ3) is 5.99. The van der Waals surface area contributed by atoms with Crippen molar-refractivity contribution in [2.24, 2.45) is 0 Å². The fraction of sp³-hybridized carbons (Fsp3) is 0.381. The zero-order valence-corrected chi connectivity index (χ0v) is 17.6. The molecule has 0 aliphatic carbocycles. The van der Waals surface area contributed by atoms with Gasteiger partial charge in [0.05, 0.1) is 24.6 Å². The average Bonchev–Trinajstić information content (AvgIpc) is 2.66. The minimum atomic E-state index is -3.62. The first-order valence-electron chi connectivity index (χ1n) is 9.33. The van der Waals surface area contributed by atoms with E-state index in [9.17, 15) is 13.2 Å². The second-order valence-electron chi connectivity index (χ2n) is 6.58. The van der Waals surface area contributed by atoms with E-state index in [0.29, 0.717) is 18.0 Å². The summed E-state index contributed by atoms with van der Waals surface area (Å²) in [5, 5.41) is 2.87. The summed E-state index contributed by atoms with van der Waals surface area (Å²) in [5.74, 6) is 0.277. The average molecular weight is 405 g/mol. The molecule has 7 heteroatoms. The predicted molar refractivity (Wildman–Crippen MR) is 112 cm³/mol. The second kappa shape index (κ2) is 9.59. The van der Waals surface area contributed by atoms with Crippen molar-refractivity contribution in [2.45, 2.75) is 33.2 Å². The number of rotatable bonds is 9. The van der Waals surface area contributed by atoms with Crippen LogP contribution >= 0.6 is 0 Å². The zero-order valence-electron chi connectivity index (χ0n) is 16.8. The van der Waals surface area contributed by atoms with E-state index < -0.39 is 10.0 Å². The molecule has 28 heavy (non-hydrogen) atoms. The maximum Gasteiger partial charge on any atom is 0.241 e. The molecule has 1 atom stereocenters. The van der Waals surface area contributed by atoms with Crippen molar-refractivity contribution in [3.63, 3.8) is 0 Å². The summed E-state index contributed by atoms with van der Waals surface area (Å²) < 4.78 is 30.9. The van der Waals surface area contributed by atoms with Crippen LogP contribution < -0.4 is 14.4 Å². The molecule has 1 amide bonds. The van der Waals surface area contributed by atoms with Crippen molar-refractivity contribution in [3.05, 3.63) is 59.7 Å². The number of carbonyl (C=O) groups excluding carboxylic acids is 1. The van der Waals surface area contributed by atoms with Crippen LogP contribution in [0.5, 0.6) is 5.75 Å². The predicted octanol–water partition coefficient (Wildman–Crippen LogP) is 3.29. The molecule has 0 aromatic heterocycles. The smallest absolute Gasteiger partial charge is 0.241 e. The Morgan fingerprint density at radius 2 is 1.68 bits per heavy atom. The van der Waals surface area contributed by atoms with Gasteiger partial charge in [0.2, 0.25) is 15.9 Å². The minimum Gasteiger partial charge on any atom is -0.494 e. The molecular formula is C21H28N2O4S. The molecule has 2 rings (SSSR count). The quantitative estimate of drug-likeness (QED) is 0.696. The van der Waals surface area contributed by atoms with Crippen molar-refractivity contribution in [2.75, 3.05) is 23.7 Å². The SMILES string of the molecule is CCOc1ccc(N(CC(=O)N[C@@H](C)c2ccc(CC)cc2)S(C)(=O)=O)cc1. The highest BCUT2D eigenvalue weighted by atomic mass is 32.2. The maximum absolute atomic E-state index is 12.5. The molecule has 6 nitrogen and oxygen atoms in total. The minimum absolute atomic E-state index is 0.222. The summed E-state index contributed by atoms with van der Waals surface area (Å²) in [7, 11) is -3.62. The first-order valence-corrected chi connectivity index (χ1v) is 11.2. The number of sulfonamides is 1. The highest BCUT2D eigenvalue weighted by Gasteiger charge is 2.22. The number of carbonyl (C=O) groups is 1. The molecule has 0 spiro atoms. The lowest BCUT2D eigenvalue weighted by Gasteiger charge is -2.23. The van der Waals surface area contributed by atoms with Gasteiger partial charge in [-0.2, -0.15) is 0 Å². The Hall–Kier alpha value is -2.54. The van der Waals surface area contributed by atoms with E-state index in [1.165, 1.54) is 5.56 Å². The molecule has 0 unspecified atom stereocenters. The topological polar surface area (TPSA) is 75.7 Å². The van der Waals surface area contributed by atoms with Crippen LogP contribution in [-0.4, -0.2) is 33.7 Å². The number of ether oxygens (including phenoxy) is 1. The largest absolute Gasteiger partial charge is 0.494 e. The lowest BCUT2D eigenvalue weighted by atomic mass is 10.1. The number of amides is 1. The molecular weight excluding hydrogens is 376 g/mol. The van der Waals surface area contributed by atoms with E-state index in [0.717, 1.165) is 22.5 Å². The molecule has 0 radical (unpaired) electrons. The second-order valence-corrected chi connectivity index (χ2v) is 8.49. The van der Waals surface area contributed by atoms with Gasteiger partial charge in [0.15, 0.2) is 0 Å².